The Hall–Kier alpha value is -4.83. The summed E-state index contributed by atoms with van der Waals surface area (Å²) >= 11 is 0. The average molecular weight is 896 g/mol. The summed E-state index contributed by atoms with van der Waals surface area (Å²) < 4.78 is 72.3. The van der Waals surface area contributed by atoms with E-state index >= 15 is 0 Å². The fourth-order valence-electron chi connectivity index (χ4n) is 6.75. The van der Waals surface area contributed by atoms with Crippen LogP contribution in [-0.4, -0.2) is 14.5 Å². The second-order valence-electron chi connectivity index (χ2n) is 15.0. The summed E-state index contributed by atoms with van der Waals surface area (Å²) in [7, 11) is 0. The van der Waals surface area contributed by atoms with E-state index in [1.165, 1.54) is 23.4 Å². The largest absolute Gasteiger partial charge is 0.501 e. The van der Waals surface area contributed by atoms with Gasteiger partial charge in [0.2, 0.25) is 0 Å². The van der Waals surface area contributed by atoms with Crippen LogP contribution >= 0.6 is 0 Å². The molecule has 0 unspecified atom stereocenters. The summed E-state index contributed by atoms with van der Waals surface area (Å²) in [5.74, 6) is 1.45. The third-order valence-electron chi connectivity index (χ3n) is 9.19. The molecule has 1 radical (unpaired) electrons. The molecule has 0 N–H and O–H groups in total. The number of aromatic nitrogens is 3. The van der Waals surface area contributed by atoms with Crippen molar-refractivity contribution in [2.75, 3.05) is 0 Å². The van der Waals surface area contributed by atoms with Crippen LogP contribution in [0.4, 0.5) is 0 Å². The standard InChI is InChI=1S/C26H27N2.C23H22NO.Ir/c1-17(2)21-9-8-10-22(18(3)4)25(21)28-24-12-7-6-11-23(24)27-26(28)20-15-13-19(5)14-16-20;1-15-14-24-20(12-16(15)13-23(2,3)4)19-10-7-9-18-17-8-5-6-11-21(17)25-22(18)19;/h6-15,17-18H,1-5H3;5-9,11-12,14H,13H2,1-4H3;/q2*-1;/i5D3;1D3,13D2;. The molecule has 0 saturated carbocycles. The number of para-hydroxylation sites is 4. The van der Waals surface area contributed by atoms with Crippen molar-refractivity contribution >= 4 is 33.0 Å². The minimum absolute atomic E-state index is 0. The number of pyridine rings is 1. The number of hydrogen-bond donors (Lipinski definition) is 0. The molecule has 0 spiro atoms. The predicted molar refractivity (Wildman–Crippen MR) is 222 cm³/mol. The zero-order chi connectivity index (χ0) is 44.2. The maximum Gasteiger partial charge on any atom is 0.120 e. The van der Waals surface area contributed by atoms with Crippen molar-refractivity contribution in [3.05, 3.63) is 149 Å². The van der Waals surface area contributed by atoms with Crippen molar-refractivity contribution in [1.29, 1.82) is 0 Å². The van der Waals surface area contributed by atoms with Crippen molar-refractivity contribution in [2.24, 2.45) is 5.41 Å². The Morgan fingerprint density at radius 1 is 0.833 bits per heavy atom. The average Bonchev–Trinajstić information content (AvgIpc) is 3.78. The third kappa shape index (κ3) is 7.85. The molecule has 8 rings (SSSR count). The molecular formula is C49H49IrN3O-2. The molecule has 5 heteroatoms. The second-order valence-corrected chi connectivity index (χ2v) is 15.0. The molecule has 277 valence electrons. The fraction of sp³-hybridized carbons (Fsp3) is 0.265. The Kier molecular flexibility index (Phi) is 8.68. The molecule has 0 saturated heterocycles. The Morgan fingerprint density at radius 3 is 2.26 bits per heavy atom. The van der Waals surface area contributed by atoms with E-state index in [0.29, 0.717) is 28.7 Å². The predicted octanol–water partition coefficient (Wildman–Crippen LogP) is 13.4. The number of benzene rings is 5. The van der Waals surface area contributed by atoms with Crippen LogP contribution in [0.3, 0.4) is 0 Å². The number of imidazole rings is 1. The van der Waals surface area contributed by atoms with Crippen LogP contribution in [0, 0.1) is 31.3 Å². The molecule has 54 heavy (non-hydrogen) atoms. The van der Waals surface area contributed by atoms with Crippen LogP contribution in [0.5, 0.6) is 0 Å². The molecule has 3 heterocycles. The Bertz CT molecular complexity index is 2840. The first kappa shape index (κ1) is 29.5. The molecule has 0 aliphatic heterocycles. The van der Waals surface area contributed by atoms with E-state index in [9.17, 15) is 0 Å². The molecule has 0 amide bonds. The van der Waals surface area contributed by atoms with Crippen LogP contribution in [0.15, 0.2) is 114 Å². The van der Waals surface area contributed by atoms with Gasteiger partial charge in [0.15, 0.2) is 0 Å². The molecule has 5 aromatic carbocycles. The van der Waals surface area contributed by atoms with Crippen LogP contribution < -0.4 is 0 Å². The van der Waals surface area contributed by atoms with E-state index < -0.39 is 25.5 Å². The van der Waals surface area contributed by atoms with Gasteiger partial charge in [0.1, 0.15) is 5.58 Å². The molecular weight excluding hydrogens is 839 g/mol. The number of nitrogens with zero attached hydrogens (tertiary/aromatic N) is 3. The number of fused-ring (bicyclic) bond motifs is 4. The first-order valence-corrected chi connectivity index (χ1v) is 18.1. The summed E-state index contributed by atoms with van der Waals surface area (Å²) in [4.78, 5) is 9.32. The molecule has 4 nitrogen and oxygen atoms in total. The zero-order valence-corrected chi connectivity index (χ0v) is 34.0. The van der Waals surface area contributed by atoms with E-state index in [-0.39, 0.29) is 36.8 Å². The monoisotopic (exact) mass is 896 g/mol. The quantitative estimate of drug-likeness (QED) is 0.156. The van der Waals surface area contributed by atoms with Gasteiger partial charge in [-0.15, -0.1) is 53.6 Å². The second kappa shape index (κ2) is 15.9. The van der Waals surface area contributed by atoms with Crippen LogP contribution in [0.1, 0.15) is 99.1 Å². The van der Waals surface area contributed by atoms with E-state index in [4.69, 9.17) is 20.4 Å². The van der Waals surface area contributed by atoms with Crippen molar-refractivity contribution in [3.8, 4) is 28.3 Å². The molecule has 0 aliphatic carbocycles. The summed E-state index contributed by atoms with van der Waals surface area (Å²) in [6.07, 6.45) is -0.632. The molecule has 0 atom stereocenters. The zero-order valence-electron chi connectivity index (χ0n) is 39.6. The van der Waals surface area contributed by atoms with Gasteiger partial charge >= 0.3 is 0 Å². The van der Waals surface area contributed by atoms with Gasteiger partial charge in [0, 0.05) is 48.3 Å². The Labute approximate surface area is 345 Å². The van der Waals surface area contributed by atoms with Crippen molar-refractivity contribution in [2.45, 2.75) is 80.4 Å². The minimum Gasteiger partial charge on any atom is -0.501 e. The maximum atomic E-state index is 8.70. The van der Waals surface area contributed by atoms with Gasteiger partial charge in [0.25, 0.3) is 0 Å². The topological polar surface area (TPSA) is 43.9 Å². The smallest absolute Gasteiger partial charge is 0.120 e. The van der Waals surface area contributed by atoms with E-state index in [2.05, 4.69) is 73.6 Å². The fourth-order valence-corrected chi connectivity index (χ4v) is 6.75. The van der Waals surface area contributed by atoms with Gasteiger partial charge in [-0.2, -0.15) is 0 Å². The summed E-state index contributed by atoms with van der Waals surface area (Å²) in [6, 6.07) is 38.9. The third-order valence-corrected chi connectivity index (χ3v) is 9.19. The molecule has 0 aliphatic rings. The summed E-state index contributed by atoms with van der Waals surface area (Å²) in [6.45, 7) is 9.46. The molecule has 8 aromatic rings. The number of rotatable bonds is 6. The van der Waals surface area contributed by atoms with E-state index in [0.717, 1.165) is 44.5 Å². The van der Waals surface area contributed by atoms with Gasteiger partial charge in [-0.3, -0.25) is 4.98 Å². The minimum atomic E-state index is -2.48. The normalized spacial score (nSPS) is 14.6. The number of hydrogen-bond acceptors (Lipinski definition) is 3. The van der Waals surface area contributed by atoms with Crippen molar-refractivity contribution in [1.82, 2.24) is 14.5 Å². The van der Waals surface area contributed by atoms with E-state index in [1.54, 1.807) is 39.0 Å². The van der Waals surface area contributed by atoms with Crippen LogP contribution in [-0.2, 0) is 26.5 Å². The van der Waals surface area contributed by atoms with Gasteiger partial charge < -0.3 is 14.0 Å². The first-order valence-electron chi connectivity index (χ1n) is 22.1. The van der Waals surface area contributed by atoms with Crippen LogP contribution in [0.2, 0.25) is 0 Å². The van der Waals surface area contributed by atoms with Crippen molar-refractivity contribution in [3.63, 3.8) is 0 Å². The molecule has 0 fully saturated rings. The summed E-state index contributed by atoms with van der Waals surface area (Å²) in [5.41, 5.74) is 8.20. The van der Waals surface area contributed by atoms with Gasteiger partial charge in [-0.05, 0) is 71.1 Å². The van der Waals surface area contributed by atoms with E-state index in [1.807, 2.05) is 54.6 Å². The number of furan rings is 1. The SMILES string of the molecule is [2H]C([2H])([2H])c1c[c-]c(-c2nc3ccccc3n2-c2c(C(C)C)cccc2C(C)C)cc1.[2H]C([2H])([2H])c1cnc(-c2[c-]ccc3c2oc2ccccc23)cc1C([2H])([2H])C(C)(C)C.[Ir]. The Morgan fingerprint density at radius 2 is 1.57 bits per heavy atom. The van der Waals surface area contributed by atoms with Crippen LogP contribution in [0.25, 0.3) is 61.3 Å². The van der Waals surface area contributed by atoms with Gasteiger partial charge in [-0.1, -0.05) is 126 Å². The first-order chi connectivity index (χ1) is 28.6. The van der Waals surface area contributed by atoms with Crippen molar-refractivity contribution < 1.29 is 35.5 Å². The molecule has 0 bridgehead atoms. The summed E-state index contributed by atoms with van der Waals surface area (Å²) in [5, 5.41) is 1.87. The number of aryl methyl sites for hydroxylation is 2. The Balaban J connectivity index is 0.000000204. The van der Waals surface area contributed by atoms with Gasteiger partial charge in [0.05, 0.1) is 22.4 Å². The maximum absolute atomic E-state index is 8.70. The molecule has 3 aromatic heterocycles. The van der Waals surface area contributed by atoms with Gasteiger partial charge in [-0.25, -0.2) is 0 Å².